The van der Waals surface area contributed by atoms with E-state index in [1.165, 1.54) is 17.2 Å². The maximum Gasteiger partial charge on any atom is 0.320 e. The summed E-state index contributed by atoms with van der Waals surface area (Å²) in [7, 11) is 0. The van der Waals surface area contributed by atoms with Crippen LogP contribution in [0.3, 0.4) is 0 Å². The van der Waals surface area contributed by atoms with Crippen molar-refractivity contribution >= 4 is 64.4 Å². The Morgan fingerprint density at radius 1 is 0.955 bits per heavy atom. The summed E-state index contributed by atoms with van der Waals surface area (Å²) in [5.41, 5.74) is 11.7. The van der Waals surface area contributed by atoms with E-state index in [4.69, 9.17) is 31.5 Å². The van der Waals surface area contributed by atoms with Gasteiger partial charge in [0.2, 0.25) is 0 Å². The van der Waals surface area contributed by atoms with Gasteiger partial charge in [-0.25, -0.2) is 15.0 Å². The molecule has 0 radical (unpaired) electrons. The van der Waals surface area contributed by atoms with Crippen molar-refractivity contribution in [2.45, 2.75) is 62.3 Å². The number of anilines is 1. The third kappa shape index (κ3) is 12.8. The van der Waals surface area contributed by atoms with Gasteiger partial charge < -0.3 is 52.2 Å². The van der Waals surface area contributed by atoms with Gasteiger partial charge in [0.25, 0.3) is 0 Å². The molecule has 0 saturated carbocycles. The molecule has 6 atom stereocenters. The minimum absolute atomic E-state index is 0.0732. The van der Waals surface area contributed by atoms with E-state index in [0.717, 1.165) is 5.75 Å². The zero-order valence-electron chi connectivity index (χ0n) is 24.1. The first-order chi connectivity index (χ1) is 20.7. The van der Waals surface area contributed by atoms with Crippen LogP contribution < -0.4 is 16.8 Å². The van der Waals surface area contributed by atoms with Crippen molar-refractivity contribution < 1.29 is 54.6 Å². The van der Waals surface area contributed by atoms with Crippen molar-refractivity contribution in [3.63, 3.8) is 0 Å². The highest BCUT2D eigenvalue weighted by Crippen LogP contribution is 2.31. The molecule has 3 rings (SSSR count). The third-order valence-electron chi connectivity index (χ3n) is 5.98. The fraction of sp³-hybridized carbons (Fsp3) is 0.625. The number of nitrogens with one attached hydrogen (secondary N) is 1. The number of carboxylic acid groups (broad SMARTS) is 4. The van der Waals surface area contributed by atoms with Crippen LogP contribution in [0.1, 0.15) is 31.9 Å². The Morgan fingerprint density at radius 3 is 2.07 bits per heavy atom. The molecule has 3 heterocycles. The van der Waals surface area contributed by atoms with Crippen molar-refractivity contribution in [1.29, 1.82) is 0 Å². The summed E-state index contributed by atoms with van der Waals surface area (Å²) in [6.07, 6.45) is 2.74. The highest BCUT2D eigenvalue weighted by molar-refractivity contribution is 7.98. The molecule has 2 unspecified atom stereocenters. The zero-order valence-corrected chi connectivity index (χ0v) is 25.7. The lowest BCUT2D eigenvalue weighted by molar-refractivity contribution is -0.143. The highest BCUT2D eigenvalue weighted by Gasteiger charge is 2.44. The number of ether oxygens (including phenoxy) is 1. The van der Waals surface area contributed by atoms with Gasteiger partial charge >= 0.3 is 23.9 Å². The minimum atomic E-state index is -1.24. The average molecular weight is 666 g/mol. The number of rotatable bonds is 15. The first-order valence-electron chi connectivity index (χ1n) is 13.1. The summed E-state index contributed by atoms with van der Waals surface area (Å²) in [5, 5.41) is 56.9. The van der Waals surface area contributed by atoms with Gasteiger partial charge in [-0.15, -0.1) is 0 Å². The smallest absolute Gasteiger partial charge is 0.320 e. The Hall–Kier alpha value is -3.27. The topological polar surface area (TPSA) is 307 Å². The maximum absolute atomic E-state index is 11.3. The van der Waals surface area contributed by atoms with Crippen LogP contribution in [0.2, 0.25) is 0 Å². The Kier molecular flexibility index (Phi) is 17.5. The van der Waals surface area contributed by atoms with Crippen molar-refractivity contribution in [3.8, 4) is 0 Å². The lowest BCUT2D eigenvalue weighted by atomic mass is 10.1. The molecule has 1 fully saturated rings. The zero-order chi connectivity index (χ0) is 33.4. The lowest BCUT2D eigenvalue weighted by Crippen LogP contribution is -2.44. The van der Waals surface area contributed by atoms with Gasteiger partial charge in [-0.3, -0.25) is 23.7 Å². The van der Waals surface area contributed by atoms with E-state index < -0.39 is 60.5 Å². The maximum atomic E-state index is 11.3. The molecule has 2 aromatic heterocycles. The van der Waals surface area contributed by atoms with Crippen LogP contribution >= 0.6 is 23.5 Å². The van der Waals surface area contributed by atoms with Crippen LogP contribution in [0, 0.1) is 0 Å². The average Bonchev–Trinajstić information content (AvgIpc) is 3.52. The van der Waals surface area contributed by atoms with Crippen LogP contribution in [0.4, 0.5) is 5.82 Å². The number of carboxylic acids is 4. The van der Waals surface area contributed by atoms with Gasteiger partial charge in [0, 0.05) is 6.54 Å². The number of hydrogen-bond donors (Lipinski definition) is 9. The predicted molar refractivity (Wildman–Crippen MR) is 161 cm³/mol. The predicted octanol–water partition coefficient (Wildman–Crippen LogP) is -1.09. The molecule has 0 amide bonds. The fourth-order valence-corrected chi connectivity index (χ4v) is 4.53. The summed E-state index contributed by atoms with van der Waals surface area (Å²) >= 11 is 3.15. The number of hydrogen-bond acceptors (Lipinski definition) is 15. The van der Waals surface area contributed by atoms with Gasteiger partial charge in [-0.1, -0.05) is 0 Å². The molecule has 18 nitrogen and oxygen atoms in total. The highest BCUT2D eigenvalue weighted by atomic mass is 32.2. The van der Waals surface area contributed by atoms with E-state index in [1.54, 1.807) is 23.5 Å². The molecule has 0 bridgehead atoms. The Bertz CT molecular complexity index is 1210. The standard InChI is InChI=1S/C15H22N6O5S.C5H11NO2S.C4H6O4/c1-27-3-2-7(15(24)25)17-4-8-10(22)11(23)14(26-8)21-6-20-9-12(16)18-5-19-13(9)21;1-9-3-2-4(6)5(7)8;5-3(6)1-2-4(7)8/h5-8,10-11,14,17,22-23H,2-4H2,1H3,(H,24,25)(H2,16,18,19);4H,2-3,6H2,1H3,(H,7,8);1-2H2,(H,5,6)(H,7,8)/t7?,8-,10-,11-,14-;;/m1../s1. The Morgan fingerprint density at radius 2 is 1.55 bits per heavy atom. The Labute approximate surface area is 260 Å². The number of aliphatic hydroxyl groups is 2. The van der Waals surface area contributed by atoms with Crippen molar-refractivity contribution in [2.24, 2.45) is 5.73 Å². The van der Waals surface area contributed by atoms with Crippen molar-refractivity contribution in [3.05, 3.63) is 12.7 Å². The number of nitrogen functional groups attached to an aromatic ring is 1. The van der Waals surface area contributed by atoms with E-state index in [-0.39, 0.29) is 25.2 Å². The number of imidazole rings is 1. The number of carbonyl (C=O) groups is 4. The molecule has 1 saturated heterocycles. The number of aliphatic hydroxyl groups excluding tert-OH is 2. The molecule has 44 heavy (non-hydrogen) atoms. The summed E-state index contributed by atoms with van der Waals surface area (Å²) < 4.78 is 7.25. The quantitative estimate of drug-likeness (QED) is 0.109. The van der Waals surface area contributed by atoms with Gasteiger partial charge in [0.15, 0.2) is 17.7 Å². The Balaban J connectivity index is 0.000000468. The first kappa shape index (κ1) is 38.8. The monoisotopic (exact) mass is 665 g/mol. The van der Waals surface area contributed by atoms with Gasteiger partial charge in [-0.05, 0) is 36.9 Å². The number of nitrogens with two attached hydrogens (primary N) is 2. The number of nitrogens with zero attached hydrogens (tertiary/aromatic N) is 4. The molecule has 11 N–H and O–H groups in total. The van der Waals surface area contributed by atoms with E-state index >= 15 is 0 Å². The van der Waals surface area contributed by atoms with Gasteiger partial charge in [-0.2, -0.15) is 23.5 Å². The number of aromatic nitrogens is 4. The van der Waals surface area contributed by atoms with E-state index in [0.29, 0.717) is 29.8 Å². The number of thioether (sulfide) groups is 2. The van der Waals surface area contributed by atoms with Crippen LogP contribution in [-0.4, -0.2) is 135 Å². The van der Waals surface area contributed by atoms with Crippen LogP contribution in [0.25, 0.3) is 11.2 Å². The molecule has 20 heteroatoms. The molecule has 248 valence electrons. The van der Waals surface area contributed by atoms with E-state index in [9.17, 15) is 34.5 Å². The van der Waals surface area contributed by atoms with E-state index in [1.807, 2.05) is 12.5 Å². The largest absolute Gasteiger partial charge is 0.481 e. The molecule has 0 spiro atoms. The van der Waals surface area contributed by atoms with Crippen LogP contribution in [-0.2, 0) is 23.9 Å². The van der Waals surface area contributed by atoms with Gasteiger partial charge in [0.1, 0.15) is 42.2 Å². The molecule has 1 aliphatic rings. The number of aliphatic carboxylic acids is 4. The summed E-state index contributed by atoms with van der Waals surface area (Å²) in [6.45, 7) is 0.0732. The second-order valence-corrected chi connectivity index (χ2v) is 11.2. The first-order valence-corrected chi connectivity index (χ1v) is 15.8. The van der Waals surface area contributed by atoms with Gasteiger partial charge in [0.05, 0.1) is 19.2 Å². The summed E-state index contributed by atoms with van der Waals surface area (Å²) in [5.74, 6) is -2.34. The summed E-state index contributed by atoms with van der Waals surface area (Å²) in [4.78, 5) is 52.8. The fourth-order valence-electron chi connectivity index (χ4n) is 3.57. The SMILES string of the molecule is CSCCC(N)C(=O)O.CSCCC(NC[C@H]1O[C@@H](n2cnc3c(N)ncnc32)[C@H](O)[C@@H]1O)C(=O)O.O=C(O)CCC(=O)O. The second kappa shape index (κ2) is 19.9. The van der Waals surface area contributed by atoms with Crippen molar-refractivity contribution in [1.82, 2.24) is 24.8 Å². The molecular weight excluding hydrogens is 626 g/mol. The van der Waals surface area contributed by atoms with Crippen LogP contribution in [0.15, 0.2) is 12.7 Å². The normalized spacial score (nSPS) is 20.5. The molecule has 0 aliphatic carbocycles. The van der Waals surface area contributed by atoms with Crippen molar-refractivity contribution in [2.75, 3.05) is 36.3 Å². The number of fused-ring (bicyclic) bond motifs is 1. The third-order valence-corrected chi connectivity index (χ3v) is 7.26. The summed E-state index contributed by atoms with van der Waals surface area (Å²) in [6, 6.07) is -1.44. The van der Waals surface area contributed by atoms with Crippen LogP contribution in [0.5, 0.6) is 0 Å². The van der Waals surface area contributed by atoms with E-state index in [2.05, 4.69) is 20.3 Å². The molecule has 1 aliphatic heterocycles. The molecule has 2 aromatic rings. The second-order valence-electron chi connectivity index (χ2n) is 9.22. The minimum Gasteiger partial charge on any atom is -0.481 e. The lowest BCUT2D eigenvalue weighted by Gasteiger charge is -2.19. The molecule has 0 aromatic carbocycles. The molecular formula is C24H39N7O11S2.